The lowest BCUT2D eigenvalue weighted by Crippen LogP contribution is -2.12. The third-order valence-electron chi connectivity index (χ3n) is 2.01. The minimum atomic E-state index is 0.375. The van der Waals surface area contributed by atoms with Crippen LogP contribution in [0.15, 0.2) is 0 Å². The Balaban J connectivity index is -0.000000191. The van der Waals surface area contributed by atoms with Crippen LogP contribution in [-0.4, -0.2) is 58.5 Å². The van der Waals surface area contributed by atoms with E-state index in [1.165, 1.54) is 33.0 Å². The maximum absolute atomic E-state index is 9.34. The molecule has 1 rings (SSSR count). The van der Waals surface area contributed by atoms with E-state index in [1.54, 1.807) is 7.05 Å². The second-order valence-corrected chi connectivity index (χ2v) is 4.42. The summed E-state index contributed by atoms with van der Waals surface area (Å²) in [6.07, 6.45) is 3.47. The first-order chi connectivity index (χ1) is 9.03. The smallest absolute Gasteiger partial charge is 0.292 e. The molecule has 1 fully saturated rings. The van der Waals surface area contributed by atoms with Gasteiger partial charge in [-0.3, -0.25) is 4.79 Å². The second kappa shape index (κ2) is 22.3. The van der Waals surface area contributed by atoms with E-state index in [-0.39, 0.29) is 0 Å². The molecule has 0 aromatic heterocycles. The molecule has 1 N–H and O–H groups in total. The van der Waals surface area contributed by atoms with Crippen molar-refractivity contribution in [3.63, 3.8) is 0 Å². The van der Waals surface area contributed by atoms with E-state index in [4.69, 9.17) is 4.79 Å². The molecule has 1 aliphatic rings. The van der Waals surface area contributed by atoms with Gasteiger partial charge in [0.1, 0.15) is 6.29 Å². The number of nitrogens with zero attached hydrogens (tertiary/aromatic N) is 1. The highest BCUT2D eigenvalue weighted by Crippen LogP contribution is 2.11. The zero-order valence-corrected chi connectivity index (χ0v) is 13.4. The van der Waals surface area contributed by atoms with Crippen molar-refractivity contribution in [3.8, 4) is 0 Å². The summed E-state index contributed by atoms with van der Waals surface area (Å²) in [5.41, 5.74) is 0. The van der Waals surface area contributed by atoms with Crippen molar-refractivity contribution in [1.82, 2.24) is 10.2 Å². The Labute approximate surface area is 118 Å². The quantitative estimate of drug-likeness (QED) is 0.793. The molecule has 5 heteroatoms. The fraction of sp³-hybridized carbons (Fsp3) is 0.857. The number of methoxy groups -OCH3 is 1. The van der Waals surface area contributed by atoms with Gasteiger partial charge in [-0.05, 0) is 33.0 Å². The summed E-state index contributed by atoms with van der Waals surface area (Å²) in [7, 11) is 5.23. The summed E-state index contributed by atoms with van der Waals surface area (Å²) in [6.45, 7) is 10.0. The van der Waals surface area contributed by atoms with Crippen LogP contribution in [0.25, 0.3) is 0 Å². The Hall–Kier alpha value is -0.940. The third kappa shape index (κ3) is 31.6. The molecule has 1 atom stereocenters. The van der Waals surface area contributed by atoms with Gasteiger partial charge in [-0.25, -0.2) is 0 Å². The van der Waals surface area contributed by atoms with E-state index in [2.05, 4.69) is 42.8 Å². The summed E-state index contributed by atoms with van der Waals surface area (Å²) >= 11 is 0. The number of likely N-dealkylation sites (tertiary alicyclic amines) is 1. The van der Waals surface area contributed by atoms with Crippen LogP contribution in [0.2, 0.25) is 0 Å². The van der Waals surface area contributed by atoms with E-state index in [0.29, 0.717) is 13.0 Å². The lowest BCUT2D eigenvalue weighted by molar-refractivity contribution is -0.126. The maximum Gasteiger partial charge on any atom is 0.292 e. The molecule has 0 aliphatic carbocycles. The Morgan fingerprint density at radius 2 is 1.84 bits per heavy atom. The highest BCUT2D eigenvalue weighted by molar-refractivity contribution is 5.51. The zero-order valence-electron chi connectivity index (χ0n) is 13.4. The summed E-state index contributed by atoms with van der Waals surface area (Å²) < 4.78 is 3.86. The largest absolute Gasteiger partial charge is 0.471 e. The third-order valence-corrected chi connectivity index (χ3v) is 2.01. The topological polar surface area (TPSA) is 58.6 Å². The van der Waals surface area contributed by atoms with E-state index in [9.17, 15) is 4.79 Å². The fourth-order valence-electron chi connectivity index (χ4n) is 1.24. The van der Waals surface area contributed by atoms with Gasteiger partial charge in [-0.1, -0.05) is 27.2 Å². The molecule has 1 aliphatic heterocycles. The standard InChI is InChI=1S/C6H13N.C3H7NO.C3H8.C2H4O2/c1-6-3-4-7(2)5-6;1-4-2-3-5;1-3-2;1-4-2-3/h6H,3-5H2,1-2H3;3-4H,2H2,1H3;3H2,1-2H3;2H,1H3. The lowest BCUT2D eigenvalue weighted by Gasteiger charge is -2.03. The number of carbonyl (C=O) groups is 2. The van der Waals surface area contributed by atoms with Crippen LogP contribution in [-0.2, 0) is 14.3 Å². The van der Waals surface area contributed by atoms with Crippen LogP contribution in [0.3, 0.4) is 0 Å². The SMILES string of the molecule is CC1CCN(C)C1.CCC.CNCC=O.COC=O. The average molecular weight is 276 g/mol. The molecule has 0 aromatic rings. The van der Waals surface area contributed by atoms with Crippen LogP contribution in [0.5, 0.6) is 0 Å². The molecule has 5 nitrogen and oxygen atoms in total. The van der Waals surface area contributed by atoms with Gasteiger partial charge in [0, 0.05) is 6.54 Å². The van der Waals surface area contributed by atoms with Gasteiger partial charge in [-0.15, -0.1) is 0 Å². The van der Waals surface area contributed by atoms with Gasteiger partial charge in [0.15, 0.2) is 0 Å². The number of nitrogens with one attached hydrogen (secondary N) is 1. The minimum Gasteiger partial charge on any atom is -0.471 e. The molecule has 0 spiro atoms. The number of carbonyl (C=O) groups excluding carboxylic acids is 2. The molecular weight excluding hydrogens is 244 g/mol. The van der Waals surface area contributed by atoms with E-state index in [1.807, 2.05) is 0 Å². The molecule has 1 unspecified atom stereocenters. The molecule has 0 radical (unpaired) electrons. The Morgan fingerprint density at radius 1 is 1.37 bits per heavy atom. The number of hydrogen-bond donors (Lipinski definition) is 1. The molecule has 0 aromatic carbocycles. The van der Waals surface area contributed by atoms with E-state index < -0.39 is 0 Å². The maximum atomic E-state index is 9.34. The van der Waals surface area contributed by atoms with Crippen LogP contribution >= 0.6 is 0 Å². The van der Waals surface area contributed by atoms with Gasteiger partial charge in [-0.2, -0.15) is 0 Å². The van der Waals surface area contributed by atoms with Gasteiger partial charge < -0.3 is 19.7 Å². The van der Waals surface area contributed by atoms with Crippen molar-refractivity contribution in [2.45, 2.75) is 33.6 Å². The van der Waals surface area contributed by atoms with Crippen LogP contribution in [0, 0.1) is 5.92 Å². The predicted molar refractivity (Wildman–Crippen MR) is 80.3 cm³/mol. The molecule has 0 saturated carbocycles. The molecule has 1 saturated heterocycles. The molecule has 0 amide bonds. The summed E-state index contributed by atoms with van der Waals surface area (Å²) in [5.74, 6) is 0.949. The first-order valence-electron chi connectivity index (χ1n) is 6.76. The first kappa shape index (κ1) is 23.2. The van der Waals surface area contributed by atoms with Crippen molar-refractivity contribution in [2.24, 2.45) is 5.92 Å². The van der Waals surface area contributed by atoms with E-state index >= 15 is 0 Å². The first-order valence-corrected chi connectivity index (χ1v) is 6.76. The normalized spacial score (nSPS) is 16.6. The number of hydrogen-bond acceptors (Lipinski definition) is 5. The monoisotopic (exact) mass is 276 g/mol. The average Bonchev–Trinajstić information content (AvgIpc) is 2.76. The van der Waals surface area contributed by atoms with Gasteiger partial charge in [0.2, 0.25) is 0 Å². The Kier molecular flexibility index (Phi) is 27.2. The van der Waals surface area contributed by atoms with Crippen LogP contribution in [0.1, 0.15) is 33.6 Å². The summed E-state index contributed by atoms with van der Waals surface area (Å²) in [4.78, 5) is 20.7. The number of rotatable bonds is 3. The zero-order chi connectivity index (χ0) is 15.5. The van der Waals surface area contributed by atoms with Crippen molar-refractivity contribution in [3.05, 3.63) is 0 Å². The van der Waals surface area contributed by atoms with Gasteiger partial charge in [0.25, 0.3) is 6.47 Å². The minimum absolute atomic E-state index is 0.375. The second-order valence-electron chi connectivity index (χ2n) is 4.42. The number of ether oxygens (including phenoxy) is 1. The van der Waals surface area contributed by atoms with Crippen molar-refractivity contribution >= 4 is 12.8 Å². The van der Waals surface area contributed by atoms with Crippen LogP contribution in [0.4, 0.5) is 0 Å². The van der Waals surface area contributed by atoms with Crippen molar-refractivity contribution in [1.29, 1.82) is 0 Å². The molecule has 116 valence electrons. The number of likely N-dealkylation sites (N-methyl/N-ethyl adjacent to an activating group) is 1. The molecule has 0 bridgehead atoms. The van der Waals surface area contributed by atoms with Crippen molar-refractivity contribution in [2.75, 3.05) is 40.8 Å². The highest BCUT2D eigenvalue weighted by Gasteiger charge is 2.13. The van der Waals surface area contributed by atoms with Crippen molar-refractivity contribution < 1.29 is 14.3 Å². The predicted octanol–water partition coefficient (Wildman–Crippen LogP) is 1.57. The van der Waals surface area contributed by atoms with Gasteiger partial charge >= 0.3 is 0 Å². The molecule has 19 heavy (non-hydrogen) atoms. The number of aldehydes is 1. The van der Waals surface area contributed by atoms with Crippen LogP contribution < -0.4 is 5.32 Å². The Bertz CT molecular complexity index is 170. The summed E-state index contributed by atoms with van der Waals surface area (Å²) in [6, 6.07) is 0. The summed E-state index contributed by atoms with van der Waals surface area (Å²) in [5, 5.41) is 2.65. The van der Waals surface area contributed by atoms with Gasteiger partial charge in [0.05, 0.1) is 13.7 Å². The molecular formula is C14H32N2O3. The molecule has 1 heterocycles. The van der Waals surface area contributed by atoms with E-state index in [0.717, 1.165) is 12.2 Å². The lowest BCUT2D eigenvalue weighted by atomic mass is 10.2. The fourth-order valence-corrected chi connectivity index (χ4v) is 1.24. The highest BCUT2D eigenvalue weighted by atomic mass is 16.5. The Morgan fingerprint density at radius 3 is 1.89 bits per heavy atom.